The maximum Gasteiger partial charge on any atom is 0.127 e. The van der Waals surface area contributed by atoms with E-state index in [-0.39, 0.29) is 0 Å². The van der Waals surface area contributed by atoms with Gasteiger partial charge in [0.15, 0.2) is 0 Å². The monoisotopic (exact) mass is 261 g/mol. The predicted molar refractivity (Wildman–Crippen MR) is 82.9 cm³/mol. The Morgan fingerprint density at radius 1 is 1.32 bits per heavy atom. The van der Waals surface area contributed by atoms with Gasteiger partial charge in [0.2, 0.25) is 0 Å². The molecule has 0 saturated carbocycles. The van der Waals surface area contributed by atoms with Crippen LogP contribution in [0.2, 0.25) is 0 Å². The average molecular weight is 261 g/mol. The van der Waals surface area contributed by atoms with Gasteiger partial charge in [0, 0.05) is 37.6 Å². The summed E-state index contributed by atoms with van der Waals surface area (Å²) in [6.45, 7) is 10.2. The van der Waals surface area contributed by atoms with E-state index in [0.717, 1.165) is 18.8 Å². The molecule has 0 radical (unpaired) electrons. The van der Waals surface area contributed by atoms with Crippen LogP contribution in [0, 0.1) is 5.41 Å². The van der Waals surface area contributed by atoms with Gasteiger partial charge in [0.1, 0.15) is 5.82 Å². The molecule has 1 aromatic heterocycles. The lowest BCUT2D eigenvalue weighted by Crippen LogP contribution is -2.26. The second-order valence-corrected chi connectivity index (χ2v) is 5.70. The van der Waals surface area contributed by atoms with Crippen LogP contribution in [0.1, 0.15) is 46.5 Å². The smallest absolute Gasteiger partial charge is 0.127 e. The third-order valence-electron chi connectivity index (χ3n) is 4.60. The van der Waals surface area contributed by atoms with Gasteiger partial charge in [-0.15, -0.1) is 0 Å². The zero-order valence-electron chi connectivity index (χ0n) is 12.6. The van der Waals surface area contributed by atoms with Crippen LogP contribution < -0.4 is 10.2 Å². The Balaban J connectivity index is 2.06. The fraction of sp³-hybridized carbons (Fsp3) is 0.688. The third kappa shape index (κ3) is 3.20. The van der Waals surface area contributed by atoms with E-state index < -0.39 is 0 Å². The predicted octanol–water partition coefficient (Wildman–Crippen LogP) is 3.92. The van der Waals surface area contributed by atoms with E-state index in [1.807, 2.05) is 6.20 Å². The second kappa shape index (κ2) is 6.27. The van der Waals surface area contributed by atoms with E-state index in [1.54, 1.807) is 0 Å². The highest BCUT2D eigenvalue weighted by Crippen LogP contribution is 2.39. The maximum absolute atomic E-state index is 4.39. The van der Waals surface area contributed by atoms with E-state index in [1.165, 1.54) is 38.0 Å². The zero-order chi connectivity index (χ0) is 13.7. The number of pyridine rings is 1. The van der Waals surface area contributed by atoms with Gasteiger partial charge < -0.3 is 10.2 Å². The molecule has 0 aromatic carbocycles. The van der Waals surface area contributed by atoms with Crippen molar-refractivity contribution in [2.75, 3.05) is 29.9 Å². The summed E-state index contributed by atoms with van der Waals surface area (Å²) >= 11 is 0. The number of nitrogens with zero attached hydrogens (tertiary/aromatic N) is 2. The van der Waals surface area contributed by atoms with E-state index >= 15 is 0 Å². The summed E-state index contributed by atoms with van der Waals surface area (Å²) < 4.78 is 0. The van der Waals surface area contributed by atoms with Crippen molar-refractivity contribution in [3.8, 4) is 0 Å². The van der Waals surface area contributed by atoms with Crippen molar-refractivity contribution in [2.24, 2.45) is 5.41 Å². The molecule has 0 unspecified atom stereocenters. The van der Waals surface area contributed by atoms with Crippen LogP contribution in [0.5, 0.6) is 0 Å². The first-order chi connectivity index (χ1) is 9.23. The maximum atomic E-state index is 4.39. The van der Waals surface area contributed by atoms with Crippen LogP contribution >= 0.6 is 0 Å². The minimum atomic E-state index is 0.528. The quantitative estimate of drug-likeness (QED) is 0.841. The van der Waals surface area contributed by atoms with Gasteiger partial charge in [-0.2, -0.15) is 0 Å². The van der Waals surface area contributed by atoms with Crippen LogP contribution in [-0.2, 0) is 0 Å². The van der Waals surface area contributed by atoms with Crippen molar-refractivity contribution in [2.45, 2.75) is 46.5 Å². The Bertz CT molecular complexity index is 399. The number of aromatic nitrogens is 1. The Kier molecular flexibility index (Phi) is 4.67. The number of nitrogens with one attached hydrogen (secondary N) is 1. The molecule has 0 spiro atoms. The molecule has 1 aliphatic heterocycles. The van der Waals surface area contributed by atoms with Crippen LogP contribution in [-0.4, -0.2) is 24.6 Å². The first kappa shape index (κ1) is 14.2. The molecule has 0 atom stereocenters. The van der Waals surface area contributed by atoms with Crippen LogP contribution in [0.4, 0.5) is 11.5 Å². The summed E-state index contributed by atoms with van der Waals surface area (Å²) in [5.41, 5.74) is 1.85. The van der Waals surface area contributed by atoms with E-state index in [0.29, 0.717) is 5.41 Å². The molecular formula is C16H27N3. The Hall–Kier alpha value is -1.25. The van der Waals surface area contributed by atoms with Gasteiger partial charge in [-0.25, -0.2) is 4.98 Å². The van der Waals surface area contributed by atoms with Crippen molar-refractivity contribution in [1.29, 1.82) is 0 Å². The Labute approximate surface area is 117 Å². The molecule has 2 heterocycles. The molecule has 1 N–H and O–H groups in total. The summed E-state index contributed by atoms with van der Waals surface area (Å²) in [5, 5.41) is 3.37. The standard InChI is InChI=1S/C16H27N3/c1-4-9-17-15-12-14(7-10-18-15)19-11-8-16(5-2,6-3)13-19/h7,10,12H,4-6,8-9,11,13H2,1-3H3,(H,17,18). The molecule has 1 saturated heterocycles. The topological polar surface area (TPSA) is 28.2 Å². The van der Waals surface area contributed by atoms with Gasteiger partial charge in [0.25, 0.3) is 0 Å². The molecule has 0 aliphatic carbocycles. The van der Waals surface area contributed by atoms with Gasteiger partial charge in [-0.1, -0.05) is 20.8 Å². The highest BCUT2D eigenvalue weighted by Gasteiger charge is 2.34. The number of anilines is 2. The number of hydrogen-bond acceptors (Lipinski definition) is 3. The molecule has 19 heavy (non-hydrogen) atoms. The van der Waals surface area contributed by atoms with Crippen molar-refractivity contribution in [3.05, 3.63) is 18.3 Å². The molecule has 0 amide bonds. The highest BCUT2D eigenvalue weighted by atomic mass is 15.2. The van der Waals surface area contributed by atoms with E-state index in [2.05, 4.69) is 48.1 Å². The van der Waals surface area contributed by atoms with Crippen LogP contribution in [0.3, 0.4) is 0 Å². The molecule has 1 aliphatic rings. The fourth-order valence-corrected chi connectivity index (χ4v) is 2.95. The molecule has 0 bridgehead atoms. The molecule has 3 nitrogen and oxygen atoms in total. The summed E-state index contributed by atoms with van der Waals surface area (Å²) in [6, 6.07) is 4.33. The van der Waals surface area contributed by atoms with Crippen LogP contribution in [0.15, 0.2) is 18.3 Å². The molecule has 1 aromatic rings. The molecule has 106 valence electrons. The van der Waals surface area contributed by atoms with Crippen LogP contribution in [0.25, 0.3) is 0 Å². The zero-order valence-corrected chi connectivity index (χ0v) is 12.6. The van der Waals surface area contributed by atoms with Crippen molar-refractivity contribution >= 4 is 11.5 Å². The van der Waals surface area contributed by atoms with Crippen molar-refractivity contribution < 1.29 is 0 Å². The molecular weight excluding hydrogens is 234 g/mol. The molecule has 3 heteroatoms. The lowest BCUT2D eigenvalue weighted by atomic mass is 9.82. The fourth-order valence-electron chi connectivity index (χ4n) is 2.95. The number of rotatable bonds is 6. The third-order valence-corrected chi connectivity index (χ3v) is 4.60. The summed E-state index contributed by atoms with van der Waals surface area (Å²) in [5.74, 6) is 1.00. The normalized spacial score (nSPS) is 17.7. The second-order valence-electron chi connectivity index (χ2n) is 5.70. The largest absolute Gasteiger partial charge is 0.371 e. The summed E-state index contributed by atoms with van der Waals surface area (Å²) in [6.07, 6.45) is 6.94. The van der Waals surface area contributed by atoms with Crippen molar-refractivity contribution in [1.82, 2.24) is 4.98 Å². The lowest BCUT2D eigenvalue weighted by Gasteiger charge is -2.27. The van der Waals surface area contributed by atoms with E-state index in [9.17, 15) is 0 Å². The van der Waals surface area contributed by atoms with Gasteiger partial charge in [0.05, 0.1) is 0 Å². The minimum Gasteiger partial charge on any atom is -0.371 e. The Morgan fingerprint density at radius 3 is 2.74 bits per heavy atom. The highest BCUT2D eigenvalue weighted by molar-refractivity contribution is 5.54. The van der Waals surface area contributed by atoms with Gasteiger partial charge in [-0.3, -0.25) is 0 Å². The average Bonchev–Trinajstić information content (AvgIpc) is 2.91. The van der Waals surface area contributed by atoms with Crippen molar-refractivity contribution in [3.63, 3.8) is 0 Å². The molecule has 2 rings (SSSR count). The van der Waals surface area contributed by atoms with Gasteiger partial charge >= 0.3 is 0 Å². The first-order valence-electron chi connectivity index (χ1n) is 7.68. The van der Waals surface area contributed by atoms with E-state index in [4.69, 9.17) is 0 Å². The van der Waals surface area contributed by atoms with Gasteiger partial charge in [-0.05, 0) is 37.2 Å². The molecule has 1 fully saturated rings. The summed E-state index contributed by atoms with van der Waals surface area (Å²) in [7, 11) is 0. The SMILES string of the molecule is CCCNc1cc(N2CCC(CC)(CC)C2)ccn1. The minimum absolute atomic E-state index is 0.528. The summed E-state index contributed by atoms with van der Waals surface area (Å²) in [4.78, 5) is 6.91. The number of hydrogen-bond donors (Lipinski definition) is 1. The first-order valence-corrected chi connectivity index (χ1v) is 7.68. The lowest BCUT2D eigenvalue weighted by molar-refractivity contribution is 0.301. The Morgan fingerprint density at radius 2 is 2.11 bits per heavy atom.